The molecule has 0 aliphatic rings. The van der Waals surface area contributed by atoms with Gasteiger partial charge in [0.1, 0.15) is 10.7 Å². The second-order valence-corrected chi connectivity index (χ2v) is 7.53. The van der Waals surface area contributed by atoms with Crippen LogP contribution < -0.4 is 20.5 Å². The van der Waals surface area contributed by atoms with Gasteiger partial charge in [-0.3, -0.25) is 4.79 Å². The number of ether oxygens (including phenoxy) is 2. The highest BCUT2D eigenvalue weighted by molar-refractivity contribution is 7.98. The zero-order valence-electron chi connectivity index (χ0n) is 15.3. The maximum atomic E-state index is 12.3. The quantitative estimate of drug-likeness (QED) is 0.643. The van der Waals surface area contributed by atoms with E-state index < -0.39 is 0 Å². The van der Waals surface area contributed by atoms with Crippen LogP contribution >= 0.6 is 23.1 Å². The second kappa shape index (κ2) is 10.4. The van der Waals surface area contributed by atoms with Crippen molar-refractivity contribution >= 4 is 29.0 Å². The Morgan fingerprint density at radius 2 is 2.12 bits per heavy atom. The van der Waals surface area contributed by atoms with Crippen LogP contribution in [0.1, 0.15) is 33.5 Å². The topological polar surface area (TPSA) is 86.5 Å². The van der Waals surface area contributed by atoms with E-state index in [1.807, 2.05) is 24.5 Å². The van der Waals surface area contributed by atoms with Crippen LogP contribution in [0, 0.1) is 0 Å². The van der Waals surface area contributed by atoms with Gasteiger partial charge in [0.05, 0.1) is 20.3 Å². The number of thiazole rings is 1. The average Bonchev–Trinajstić information content (AvgIpc) is 3.16. The largest absolute Gasteiger partial charge is 0.493 e. The van der Waals surface area contributed by atoms with Crippen molar-refractivity contribution < 1.29 is 14.3 Å². The smallest absolute Gasteiger partial charge is 0.270 e. The number of amides is 1. The molecule has 1 amide bonds. The molecule has 0 spiro atoms. The van der Waals surface area contributed by atoms with E-state index in [0.29, 0.717) is 30.2 Å². The number of benzene rings is 1. The standard InChI is InChI=1S/C18H25N3O3S2/c1-23-15-5-4-12(10-16(15)24-2)6-8-20-17(22)14-11-26-18(21-14)13(19)7-9-25-3/h4-5,10-11,13H,6-9,19H2,1-3H3,(H,20,22). The molecule has 1 aromatic carbocycles. The van der Waals surface area contributed by atoms with Crippen LogP contribution in [-0.2, 0) is 6.42 Å². The Bertz CT molecular complexity index is 721. The molecule has 1 heterocycles. The predicted molar refractivity (Wildman–Crippen MR) is 108 cm³/mol. The third-order valence-corrected chi connectivity index (χ3v) is 5.47. The van der Waals surface area contributed by atoms with Crippen molar-refractivity contribution in [3.8, 4) is 11.5 Å². The Kier molecular flexibility index (Phi) is 8.21. The molecular formula is C18H25N3O3S2. The average molecular weight is 396 g/mol. The molecule has 0 radical (unpaired) electrons. The lowest BCUT2D eigenvalue weighted by molar-refractivity contribution is 0.0949. The first kappa shape index (κ1) is 20.5. The third kappa shape index (κ3) is 5.62. The van der Waals surface area contributed by atoms with Crippen molar-refractivity contribution in [2.75, 3.05) is 32.8 Å². The van der Waals surface area contributed by atoms with Gasteiger partial charge in [-0.2, -0.15) is 11.8 Å². The summed E-state index contributed by atoms with van der Waals surface area (Å²) in [5, 5.41) is 5.47. The van der Waals surface area contributed by atoms with E-state index in [9.17, 15) is 4.79 Å². The number of nitrogens with zero attached hydrogens (tertiary/aromatic N) is 1. The first-order valence-corrected chi connectivity index (χ1v) is 10.6. The molecule has 1 atom stereocenters. The van der Waals surface area contributed by atoms with Crippen LogP contribution in [0.2, 0.25) is 0 Å². The minimum absolute atomic E-state index is 0.110. The Morgan fingerprint density at radius 3 is 2.81 bits per heavy atom. The maximum absolute atomic E-state index is 12.3. The fourth-order valence-electron chi connectivity index (χ4n) is 2.38. The first-order valence-electron chi connectivity index (χ1n) is 8.28. The predicted octanol–water partition coefficient (Wildman–Crippen LogP) is 2.89. The number of hydrogen-bond acceptors (Lipinski definition) is 7. The van der Waals surface area contributed by atoms with Crippen LogP contribution in [0.3, 0.4) is 0 Å². The van der Waals surface area contributed by atoms with Gasteiger partial charge >= 0.3 is 0 Å². The van der Waals surface area contributed by atoms with Gasteiger partial charge in [0.15, 0.2) is 11.5 Å². The van der Waals surface area contributed by atoms with Crippen molar-refractivity contribution in [1.29, 1.82) is 0 Å². The monoisotopic (exact) mass is 395 g/mol. The summed E-state index contributed by atoms with van der Waals surface area (Å²) in [5.74, 6) is 2.17. The van der Waals surface area contributed by atoms with Crippen molar-refractivity contribution in [2.24, 2.45) is 5.73 Å². The highest BCUT2D eigenvalue weighted by Crippen LogP contribution is 2.27. The van der Waals surface area contributed by atoms with Gasteiger partial charge in [-0.1, -0.05) is 6.07 Å². The maximum Gasteiger partial charge on any atom is 0.270 e. The molecule has 2 aromatic rings. The highest BCUT2D eigenvalue weighted by atomic mass is 32.2. The lowest BCUT2D eigenvalue weighted by atomic mass is 10.1. The number of methoxy groups -OCH3 is 2. The highest BCUT2D eigenvalue weighted by Gasteiger charge is 2.15. The zero-order valence-corrected chi connectivity index (χ0v) is 16.9. The SMILES string of the molecule is COc1ccc(CCNC(=O)c2csc(C(N)CCSC)n2)cc1OC. The Labute approximate surface area is 162 Å². The molecule has 6 nitrogen and oxygen atoms in total. The number of thioether (sulfide) groups is 1. The number of aromatic nitrogens is 1. The molecule has 26 heavy (non-hydrogen) atoms. The summed E-state index contributed by atoms with van der Waals surface area (Å²) in [6.07, 6.45) is 3.59. The van der Waals surface area contributed by atoms with E-state index in [1.54, 1.807) is 31.4 Å². The van der Waals surface area contributed by atoms with Crippen LogP contribution in [0.15, 0.2) is 23.6 Å². The normalized spacial score (nSPS) is 11.8. The Hall–Kier alpha value is -1.77. The van der Waals surface area contributed by atoms with Gasteiger partial charge in [0, 0.05) is 11.9 Å². The van der Waals surface area contributed by atoms with Crippen molar-refractivity contribution in [1.82, 2.24) is 10.3 Å². The molecule has 142 valence electrons. The minimum Gasteiger partial charge on any atom is -0.493 e. The van der Waals surface area contributed by atoms with E-state index in [4.69, 9.17) is 15.2 Å². The van der Waals surface area contributed by atoms with Crippen LogP contribution in [0.4, 0.5) is 0 Å². The summed E-state index contributed by atoms with van der Waals surface area (Å²) in [6, 6.07) is 5.62. The fourth-order valence-corrected chi connectivity index (χ4v) is 3.70. The summed E-state index contributed by atoms with van der Waals surface area (Å²) in [7, 11) is 3.21. The minimum atomic E-state index is -0.176. The van der Waals surface area contributed by atoms with Gasteiger partial charge in [-0.05, 0) is 42.5 Å². The van der Waals surface area contributed by atoms with Crippen LogP contribution in [-0.4, -0.2) is 43.7 Å². The summed E-state index contributed by atoms with van der Waals surface area (Å²) in [4.78, 5) is 16.6. The lowest BCUT2D eigenvalue weighted by Crippen LogP contribution is -2.26. The van der Waals surface area contributed by atoms with Crippen molar-refractivity contribution in [3.05, 3.63) is 39.8 Å². The Morgan fingerprint density at radius 1 is 1.35 bits per heavy atom. The fraction of sp³-hybridized carbons (Fsp3) is 0.444. The summed E-state index contributed by atoms with van der Waals surface area (Å²) < 4.78 is 10.5. The number of carbonyl (C=O) groups excluding carboxylic acids is 1. The first-order chi connectivity index (χ1) is 12.6. The molecule has 2 rings (SSSR count). The molecule has 0 aliphatic heterocycles. The molecule has 1 unspecified atom stereocenters. The van der Waals surface area contributed by atoms with Gasteiger partial charge in [0.2, 0.25) is 0 Å². The molecular weight excluding hydrogens is 370 g/mol. The third-order valence-electron chi connectivity index (χ3n) is 3.85. The molecule has 0 saturated carbocycles. The van der Waals surface area contributed by atoms with E-state index >= 15 is 0 Å². The van der Waals surface area contributed by atoms with Crippen molar-refractivity contribution in [3.63, 3.8) is 0 Å². The molecule has 0 bridgehead atoms. The summed E-state index contributed by atoms with van der Waals surface area (Å²) in [6.45, 7) is 0.514. The number of nitrogens with two attached hydrogens (primary N) is 1. The zero-order chi connectivity index (χ0) is 18.9. The molecule has 8 heteroatoms. The number of nitrogens with one attached hydrogen (secondary N) is 1. The van der Waals surface area contributed by atoms with Gasteiger partial charge in [-0.15, -0.1) is 11.3 Å². The molecule has 0 saturated heterocycles. The van der Waals surface area contributed by atoms with Gasteiger partial charge in [0.25, 0.3) is 5.91 Å². The van der Waals surface area contributed by atoms with E-state index in [2.05, 4.69) is 10.3 Å². The van der Waals surface area contributed by atoms with Crippen LogP contribution in [0.5, 0.6) is 11.5 Å². The van der Waals surface area contributed by atoms with E-state index in [0.717, 1.165) is 22.7 Å². The van der Waals surface area contributed by atoms with Crippen molar-refractivity contribution in [2.45, 2.75) is 18.9 Å². The van der Waals surface area contributed by atoms with E-state index in [1.165, 1.54) is 11.3 Å². The lowest BCUT2D eigenvalue weighted by Gasteiger charge is -2.10. The number of carbonyl (C=O) groups is 1. The van der Waals surface area contributed by atoms with E-state index in [-0.39, 0.29) is 11.9 Å². The summed E-state index contributed by atoms with van der Waals surface area (Å²) >= 11 is 3.19. The summed E-state index contributed by atoms with van der Waals surface area (Å²) in [5.41, 5.74) is 7.59. The molecule has 0 aliphatic carbocycles. The van der Waals surface area contributed by atoms with Crippen LogP contribution in [0.25, 0.3) is 0 Å². The number of rotatable bonds is 10. The van der Waals surface area contributed by atoms with Gasteiger partial charge in [-0.25, -0.2) is 4.98 Å². The second-order valence-electron chi connectivity index (χ2n) is 5.65. The van der Waals surface area contributed by atoms with Gasteiger partial charge < -0.3 is 20.5 Å². The molecule has 1 aromatic heterocycles. The number of hydrogen-bond donors (Lipinski definition) is 2. The molecule has 3 N–H and O–H groups in total. The Balaban J connectivity index is 1.86. The molecule has 0 fully saturated rings.